The maximum absolute atomic E-state index is 13.1. The number of ether oxygens (including phenoxy) is 2. The van der Waals surface area contributed by atoms with E-state index in [-0.39, 0.29) is 18.1 Å². The third-order valence-corrected chi connectivity index (χ3v) is 8.35. The zero-order valence-corrected chi connectivity index (χ0v) is 24.3. The Balaban J connectivity index is 1.54. The number of aromatic nitrogens is 1. The average molecular weight is 532 g/mol. The van der Waals surface area contributed by atoms with E-state index in [1.165, 1.54) is 37.5 Å². The molecule has 7 nitrogen and oxygen atoms in total. The number of methoxy groups -OCH3 is 1. The van der Waals surface area contributed by atoms with Crippen LogP contribution in [0.15, 0.2) is 42.6 Å². The van der Waals surface area contributed by atoms with E-state index >= 15 is 0 Å². The zero-order chi connectivity index (χ0) is 28.1. The summed E-state index contributed by atoms with van der Waals surface area (Å²) in [5.74, 6) is -0.312. The summed E-state index contributed by atoms with van der Waals surface area (Å²) in [4.78, 5) is 29.9. The normalized spacial score (nSPS) is 18.8. The van der Waals surface area contributed by atoms with Crippen molar-refractivity contribution in [3.8, 4) is 0 Å². The van der Waals surface area contributed by atoms with Crippen LogP contribution in [0, 0.1) is 12.3 Å². The Hall–Kier alpha value is -3.32. The zero-order valence-electron chi connectivity index (χ0n) is 24.3. The summed E-state index contributed by atoms with van der Waals surface area (Å²) in [6.45, 7) is 9.50. The van der Waals surface area contributed by atoms with Gasteiger partial charge in [0.25, 0.3) is 0 Å². The molecule has 2 aliphatic rings. The maximum atomic E-state index is 13.1. The molecular weight excluding hydrogens is 490 g/mol. The van der Waals surface area contributed by atoms with Crippen LogP contribution in [0.1, 0.15) is 79.5 Å². The van der Waals surface area contributed by atoms with E-state index in [2.05, 4.69) is 55.1 Å². The maximum Gasteiger partial charge on any atom is 0.419 e. The van der Waals surface area contributed by atoms with Gasteiger partial charge in [-0.2, -0.15) is 0 Å². The van der Waals surface area contributed by atoms with Crippen LogP contribution in [0.25, 0.3) is 10.9 Å². The van der Waals surface area contributed by atoms with E-state index in [1.807, 2.05) is 39.1 Å². The van der Waals surface area contributed by atoms with Crippen molar-refractivity contribution in [1.29, 1.82) is 0 Å². The lowest BCUT2D eigenvalue weighted by Gasteiger charge is -2.41. The second-order valence-corrected chi connectivity index (χ2v) is 12.6. The van der Waals surface area contributed by atoms with Crippen LogP contribution in [0.5, 0.6) is 0 Å². The van der Waals surface area contributed by atoms with Crippen LogP contribution in [0.2, 0.25) is 0 Å². The summed E-state index contributed by atoms with van der Waals surface area (Å²) in [6.07, 6.45) is 6.40. The molecule has 0 N–H and O–H groups in total. The second-order valence-electron chi connectivity index (χ2n) is 12.6. The molecule has 1 atom stereocenters. The van der Waals surface area contributed by atoms with Gasteiger partial charge < -0.3 is 14.4 Å². The Morgan fingerprint density at radius 3 is 2.36 bits per heavy atom. The van der Waals surface area contributed by atoms with Crippen molar-refractivity contribution in [3.63, 3.8) is 0 Å². The van der Waals surface area contributed by atoms with Crippen molar-refractivity contribution in [1.82, 2.24) is 9.47 Å². The number of rotatable bonds is 5. The Morgan fingerprint density at radius 1 is 1.08 bits per heavy atom. The van der Waals surface area contributed by atoms with Gasteiger partial charge >= 0.3 is 12.1 Å². The van der Waals surface area contributed by atoms with Gasteiger partial charge in [0.2, 0.25) is 0 Å². The van der Waals surface area contributed by atoms with Gasteiger partial charge in [0.05, 0.1) is 18.2 Å². The molecule has 1 aliphatic carbocycles. The van der Waals surface area contributed by atoms with Crippen LogP contribution in [-0.4, -0.2) is 54.9 Å². The summed E-state index contributed by atoms with van der Waals surface area (Å²) in [7, 11) is 5.57. The molecule has 0 unspecified atom stereocenters. The SMILES string of the molecule is COC(=O)c1ccc([C@@H]2CC3(CCN2Cc2c(N(C)C)cc(C)c4c2ccn4C(=O)OC(C)(C)C)CC3)cc1. The molecule has 5 rings (SSSR count). The lowest BCUT2D eigenvalue weighted by Crippen LogP contribution is -2.37. The van der Waals surface area contributed by atoms with Crippen molar-refractivity contribution >= 4 is 28.7 Å². The minimum absolute atomic E-state index is 0.257. The molecule has 1 saturated carbocycles. The molecule has 3 aromatic rings. The standard InChI is InChI=1S/C32H41N3O4/c1-21-18-26(33(5)6)25(24-12-16-35(28(21)24)30(37)39-31(2,3)4)20-34-17-15-32(13-14-32)19-27(34)22-8-10-23(11-9-22)29(36)38-7/h8-12,16,18,27H,13-15,17,19-20H2,1-7H3/t27-/m0/s1. The predicted molar refractivity (Wildman–Crippen MR) is 154 cm³/mol. The number of nitrogens with zero attached hydrogens (tertiary/aromatic N) is 3. The van der Waals surface area contributed by atoms with E-state index < -0.39 is 5.60 Å². The van der Waals surface area contributed by atoms with Gasteiger partial charge in [-0.1, -0.05) is 12.1 Å². The minimum Gasteiger partial charge on any atom is -0.465 e. The molecule has 2 heterocycles. The van der Waals surface area contributed by atoms with Gasteiger partial charge in [-0.25, -0.2) is 9.59 Å². The Kier molecular flexibility index (Phi) is 7.00. The first-order valence-electron chi connectivity index (χ1n) is 13.9. The van der Waals surface area contributed by atoms with Crippen LogP contribution >= 0.6 is 0 Å². The number of hydrogen-bond donors (Lipinski definition) is 0. The number of benzene rings is 2. The highest BCUT2D eigenvalue weighted by atomic mass is 16.6. The molecule has 1 spiro atoms. The molecule has 1 aromatic heterocycles. The number of carbonyl (C=O) groups is 2. The molecule has 1 saturated heterocycles. The van der Waals surface area contributed by atoms with Gasteiger partial charge in [-0.15, -0.1) is 0 Å². The van der Waals surface area contributed by atoms with Gasteiger partial charge in [-0.3, -0.25) is 9.47 Å². The lowest BCUT2D eigenvalue weighted by molar-refractivity contribution is 0.0542. The third kappa shape index (κ3) is 5.42. The van der Waals surface area contributed by atoms with E-state index in [0.717, 1.165) is 41.7 Å². The summed E-state index contributed by atoms with van der Waals surface area (Å²) < 4.78 is 12.3. The Bertz CT molecular complexity index is 1390. The number of aryl methyl sites for hydroxylation is 1. The van der Waals surface area contributed by atoms with Gasteiger partial charge in [0, 0.05) is 44.0 Å². The number of carbonyl (C=O) groups excluding carboxylic acids is 2. The van der Waals surface area contributed by atoms with Crippen molar-refractivity contribution < 1.29 is 19.1 Å². The smallest absolute Gasteiger partial charge is 0.419 e. The molecule has 0 bridgehead atoms. The molecular formula is C32H41N3O4. The van der Waals surface area contributed by atoms with Crippen molar-refractivity contribution in [3.05, 3.63) is 64.8 Å². The second kappa shape index (κ2) is 10.0. The molecule has 1 aliphatic heterocycles. The van der Waals surface area contributed by atoms with Crippen LogP contribution in [0.4, 0.5) is 10.5 Å². The summed E-state index contributed by atoms with van der Waals surface area (Å²) in [6, 6.07) is 12.4. The highest BCUT2D eigenvalue weighted by Gasteiger charge is 2.48. The summed E-state index contributed by atoms with van der Waals surface area (Å²) in [5, 5.41) is 1.08. The van der Waals surface area contributed by atoms with Crippen LogP contribution in [0.3, 0.4) is 0 Å². The topological polar surface area (TPSA) is 64.0 Å². The summed E-state index contributed by atoms with van der Waals surface area (Å²) >= 11 is 0. The largest absolute Gasteiger partial charge is 0.465 e. The molecule has 208 valence electrons. The molecule has 7 heteroatoms. The fourth-order valence-electron chi connectivity index (χ4n) is 6.09. The summed E-state index contributed by atoms with van der Waals surface area (Å²) in [5.41, 5.74) is 6.00. The number of esters is 1. The number of anilines is 1. The molecule has 0 amide bonds. The van der Waals surface area contributed by atoms with E-state index in [1.54, 1.807) is 4.57 Å². The quantitative estimate of drug-likeness (QED) is 0.341. The van der Waals surface area contributed by atoms with Crippen molar-refractivity contribution in [2.45, 2.75) is 71.6 Å². The number of likely N-dealkylation sites (tertiary alicyclic amines) is 1. The molecule has 39 heavy (non-hydrogen) atoms. The monoisotopic (exact) mass is 531 g/mol. The van der Waals surface area contributed by atoms with Crippen molar-refractivity contribution in [2.24, 2.45) is 5.41 Å². The molecule has 2 aromatic carbocycles. The number of piperidine rings is 1. The van der Waals surface area contributed by atoms with Crippen LogP contribution < -0.4 is 4.90 Å². The first-order valence-corrected chi connectivity index (χ1v) is 13.9. The highest BCUT2D eigenvalue weighted by Crippen LogP contribution is 2.58. The fourth-order valence-corrected chi connectivity index (χ4v) is 6.09. The third-order valence-electron chi connectivity index (χ3n) is 8.35. The minimum atomic E-state index is -0.572. The number of fused-ring (bicyclic) bond motifs is 1. The first kappa shape index (κ1) is 27.3. The molecule has 0 radical (unpaired) electrons. The van der Waals surface area contributed by atoms with Gasteiger partial charge in [0.1, 0.15) is 5.60 Å². The highest BCUT2D eigenvalue weighted by molar-refractivity contribution is 5.96. The van der Waals surface area contributed by atoms with E-state index in [0.29, 0.717) is 11.0 Å². The predicted octanol–water partition coefficient (Wildman–Crippen LogP) is 6.70. The lowest BCUT2D eigenvalue weighted by atomic mass is 9.84. The van der Waals surface area contributed by atoms with Gasteiger partial charge in [-0.05, 0) is 106 Å². The number of hydrogen-bond acceptors (Lipinski definition) is 6. The van der Waals surface area contributed by atoms with E-state index in [9.17, 15) is 9.59 Å². The Morgan fingerprint density at radius 2 is 1.77 bits per heavy atom. The van der Waals surface area contributed by atoms with Crippen molar-refractivity contribution in [2.75, 3.05) is 32.6 Å². The average Bonchev–Trinajstić information content (AvgIpc) is 3.47. The first-order chi connectivity index (χ1) is 18.4. The van der Waals surface area contributed by atoms with E-state index in [4.69, 9.17) is 9.47 Å². The van der Waals surface area contributed by atoms with Crippen LogP contribution in [-0.2, 0) is 16.0 Å². The Labute approximate surface area is 231 Å². The fraction of sp³-hybridized carbons (Fsp3) is 0.500. The van der Waals surface area contributed by atoms with Gasteiger partial charge in [0.15, 0.2) is 0 Å². The molecule has 2 fully saturated rings.